The van der Waals surface area contributed by atoms with Crippen LogP contribution in [-0.4, -0.2) is 17.4 Å². The molecule has 1 rings (SSSR count). The molecular weight excluding hydrogens is 268 g/mol. The van der Waals surface area contributed by atoms with Gasteiger partial charge in [-0.2, -0.15) is 0 Å². The van der Waals surface area contributed by atoms with Gasteiger partial charge in [-0.15, -0.1) is 0 Å². The number of nitro benzene ring substituents is 1. The fourth-order valence-corrected chi connectivity index (χ4v) is 2.36. The van der Waals surface area contributed by atoms with Gasteiger partial charge < -0.3 is 5.32 Å². The van der Waals surface area contributed by atoms with Crippen LogP contribution in [0, 0.1) is 23.0 Å². The van der Waals surface area contributed by atoms with Crippen LogP contribution in [-0.2, 0) is 0 Å². The minimum atomic E-state index is -0.487. The minimum absolute atomic E-state index is 0.100. The molecule has 5 nitrogen and oxygen atoms in total. The number of benzene rings is 1. The fourth-order valence-electron chi connectivity index (χ4n) is 2.36. The Morgan fingerprint density at radius 1 is 1.38 bits per heavy atom. The largest absolute Gasteiger partial charge is 0.352 e. The summed E-state index contributed by atoms with van der Waals surface area (Å²) in [5.74, 6) is 0.0677. The van der Waals surface area contributed by atoms with E-state index >= 15 is 0 Å². The van der Waals surface area contributed by atoms with Gasteiger partial charge in [0.25, 0.3) is 11.6 Å². The average molecular weight is 292 g/mol. The van der Waals surface area contributed by atoms with Crippen LogP contribution in [0.4, 0.5) is 5.69 Å². The van der Waals surface area contributed by atoms with Crippen LogP contribution in [0.25, 0.3) is 0 Å². The second-order valence-corrected chi connectivity index (χ2v) is 5.35. The molecule has 0 aromatic heterocycles. The maximum absolute atomic E-state index is 12.2. The second-order valence-electron chi connectivity index (χ2n) is 5.35. The number of nitro groups is 1. The highest BCUT2D eigenvalue weighted by molar-refractivity contribution is 5.98. The summed E-state index contributed by atoms with van der Waals surface area (Å²) in [6.45, 7) is 6.45. The Bertz CT molecular complexity index is 500. The molecule has 1 aromatic rings. The third-order valence-electron chi connectivity index (χ3n) is 3.76. The van der Waals surface area contributed by atoms with Crippen LogP contribution in [0.5, 0.6) is 0 Å². The van der Waals surface area contributed by atoms with Crippen molar-refractivity contribution in [2.24, 2.45) is 5.92 Å². The molecule has 1 N–H and O–H groups in total. The van der Waals surface area contributed by atoms with E-state index in [1.807, 2.05) is 0 Å². The SMILES string of the molecule is CCCC[C@H](CC)CNC(=O)c1cccc(C)c1[N+](=O)[O-]. The van der Waals surface area contributed by atoms with E-state index < -0.39 is 4.92 Å². The number of amides is 1. The molecule has 1 amide bonds. The maximum Gasteiger partial charge on any atom is 0.285 e. The third-order valence-corrected chi connectivity index (χ3v) is 3.76. The van der Waals surface area contributed by atoms with Crippen molar-refractivity contribution in [3.8, 4) is 0 Å². The van der Waals surface area contributed by atoms with Gasteiger partial charge in [0.1, 0.15) is 5.56 Å². The summed E-state index contributed by atoms with van der Waals surface area (Å²) in [5.41, 5.74) is 0.549. The number of hydrogen-bond donors (Lipinski definition) is 1. The van der Waals surface area contributed by atoms with Crippen molar-refractivity contribution in [1.82, 2.24) is 5.32 Å². The fraction of sp³-hybridized carbons (Fsp3) is 0.562. The van der Waals surface area contributed by atoms with Crippen molar-refractivity contribution in [3.05, 3.63) is 39.4 Å². The van der Waals surface area contributed by atoms with Crippen molar-refractivity contribution in [2.75, 3.05) is 6.54 Å². The normalized spacial score (nSPS) is 12.0. The van der Waals surface area contributed by atoms with Crippen LogP contribution in [0.15, 0.2) is 18.2 Å². The number of unbranched alkanes of at least 4 members (excludes halogenated alkanes) is 1. The third kappa shape index (κ3) is 4.85. The van der Waals surface area contributed by atoms with Crippen molar-refractivity contribution >= 4 is 11.6 Å². The quantitative estimate of drug-likeness (QED) is 0.584. The number of aryl methyl sites for hydroxylation is 1. The Morgan fingerprint density at radius 3 is 2.67 bits per heavy atom. The van der Waals surface area contributed by atoms with Gasteiger partial charge in [0.05, 0.1) is 4.92 Å². The Hall–Kier alpha value is -1.91. The second kappa shape index (κ2) is 8.39. The van der Waals surface area contributed by atoms with Gasteiger partial charge in [0, 0.05) is 12.1 Å². The van der Waals surface area contributed by atoms with Gasteiger partial charge in [0.15, 0.2) is 0 Å². The zero-order valence-electron chi connectivity index (χ0n) is 13.0. The molecule has 0 radical (unpaired) electrons. The van der Waals surface area contributed by atoms with E-state index in [0.29, 0.717) is 18.0 Å². The van der Waals surface area contributed by atoms with E-state index in [1.165, 1.54) is 6.07 Å². The Morgan fingerprint density at radius 2 is 2.10 bits per heavy atom. The van der Waals surface area contributed by atoms with Crippen LogP contribution in [0.3, 0.4) is 0 Å². The van der Waals surface area contributed by atoms with E-state index in [1.54, 1.807) is 19.1 Å². The van der Waals surface area contributed by atoms with Gasteiger partial charge in [-0.3, -0.25) is 14.9 Å². The number of carbonyl (C=O) groups is 1. The van der Waals surface area contributed by atoms with Crippen LogP contribution in [0.1, 0.15) is 55.5 Å². The highest BCUT2D eigenvalue weighted by atomic mass is 16.6. The van der Waals surface area contributed by atoms with Gasteiger partial charge >= 0.3 is 0 Å². The summed E-state index contributed by atoms with van der Waals surface area (Å²) >= 11 is 0. The standard InChI is InChI=1S/C16H24N2O3/c1-4-6-9-13(5-2)11-17-16(19)14-10-7-8-12(3)15(14)18(20)21/h7-8,10,13H,4-6,9,11H2,1-3H3,(H,17,19)/t13-/m0/s1. The van der Waals surface area contributed by atoms with Gasteiger partial charge in [0.2, 0.25) is 0 Å². The van der Waals surface area contributed by atoms with Gasteiger partial charge in [-0.1, -0.05) is 45.2 Å². The highest BCUT2D eigenvalue weighted by Crippen LogP contribution is 2.23. The summed E-state index contributed by atoms with van der Waals surface area (Å²) in [6, 6.07) is 4.82. The summed E-state index contributed by atoms with van der Waals surface area (Å²) in [6.07, 6.45) is 4.34. The molecule has 0 aliphatic heterocycles. The summed E-state index contributed by atoms with van der Waals surface area (Å²) in [7, 11) is 0. The first kappa shape index (κ1) is 17.1. The Balaban J connectivity index is 2.76. The van der Waals surface area contributed by atoms with Gasteiger partial charge in [-0.05, 0) is 25.3 Å². The lowest BCUT2D eigenvalue weighted by atomic mass is 9.99. The average Bonchev–Trinajstić information content (AvgIpc) is 2.46. The van der Waals surface area contributed by atoms with E-state index in [4.69, 9.17) is 0 Å². The molecule has 0 unspecified atom stereocenters. The van der Waals surface area contributed by atoms with E-state index in [9.17, 15) is 14.9 Å². The van der Waals surface area contributed by atoms with Crippen LogP contribution < -0.4 is 5.32 Å². The zero-order valence-corrected chi connectivity index (χ0v) is 13.0. The monoisotopic (exact) mass is 292 g/mol. The van der Waals surface area contributed by atoms with Crippen molar-refractivity contribution < 1.29 is 9.72 Å². The van der Waals surface area contributed by atoms with Crippen molar-refractivity contribution in [2.45, 2.75) is 46.5 Å². The Labute approximate surface area is 125 Å². The van der Waals surface area contributed by atoms with E-state index in [2.05, 4.69) is 19.2 Å². The summed E-state index contributed by atoms with van der Waals surface area (Å²) in [4.78, 5) is 22.8. The molecular formula is C16H24N2O3. The molecule has 0 aliphatic rings. The molecule has 5 heteroatoms. The number of nitrogens with zero attached hydrogens (tertiary/aromatic N) is 1. The molecule has 0 saturated heterocycles. The molecule has 0 spiro atoms. The van der Waals surface area contributed by atoms with Crippen molar-refractivity contribution in [3.63, 3.8) is 0 Å². The lowest BCUT2D eigenvalue weighted by molar-refractivity contribution is -0.385. The molecule has 1 atom stereocenters. The molecule has 0 heterocycles. The van der Waals surface area contributed by atoms with Gasteiger partial charge in [-0.25, -0.2) is 0 Å². The molecule has 0 saturated carbocycles. The predicted octanol–water partition coefficient (Wildman–Crippen LogP) is 3.85. The topological polar surface area (TPSA) is 72.2 Å². The minimum Gasteiger partial charge on any atom is -0.352 e. The molecule has 21 heavy (non-hydrogen) atoms. The van der Waals surface area contributed by atoms with E-state index in [0.717, 1.165) is 25.7 Å². The number of para-hydroxylation sites is 1. The molecule has 0 aliphatic carbocycles. The summed E-state index contributed by atoms with van der Waals surface area (Å²) < 4.78 is 0. The molecule has 1 aromatic carbocycles. The number of carbonyl (C=O) groups excluding carboxylic acids is 1. The van der Waals surface area contributed by atoms with E-state index in [-0.39, 0.29) is 17.2 Å². The first-order valence-corrected chi connectivity index (χ1v) is 7.53. The summed E-state index contributed by atoms with van der Waals surface area (Å²) in [5, 5.41) is 13.9. The number of nitrogens with one attached hydrogen (secondary N) is 1. The zero-order chi connectivity index (χ0) is 15.8. The van der Waals surface area contributed by atoms with Crippen LogP contribution >= 0.6 is 0 Å². The molecule has 0 bridgehead atoms. The number of hydrogen-bond acceptors (Lipinski definition) is 3. The highest BCUT2D eigenvalue weighted by Gasteiger charge is 2.22. The predicted molar refractivity (Wildman–Crippen MR) is 83.5 cm³/mol. The number of rotatable bonds is 8. The Kier molecular flexibility index (Phi) is 6.85. The molecule has 0 fully saturated rings. The van der Waals surface area contributed by atoms with Crippen molar-refractivity contribution in [1.29, 1.82) is 0 Å². The lowest BCUT2D eigenvalue weighted by Gasteiger charge is -2.15. The first-order chi connectivity index (χ1) is 10.0. The smallest absolute Gasteiger partial charge is 0.285 e. The maximum atomic E-state index is 12.2. The molecule has 116 valence electrons. The van der Waals surface area contributed by atoms with Crippen LogP contribution in [0.2, 0.25) is 0 Å². The lowest BCUT2D eigenvalue weighted by Crippen LogP contribution is -2.29. The first-order valence-electron chi connectivity index (χ1n) is 7.53.